The number of hydrogen-bond donors (Lipinski definition) is 3. The molecule has 2 aliphatic rings. The average Bonchev–Trinajstić information content (AvgIpc) is 0.845. The molecule has 0 bridgehead atoms. The highest BCUT2D eigenvalue weighted by Gasteiger charge is 2.44. The van der Waals surface area contributed by atoms with Gasteiger partial charge in [0.25, 0.3) is 0 Å². The summed E-state index contributed by atoms with van der Waals surface area (Å²) in [5.41, 5.74) is 1.31. The Morgan fingerprint density at radius 1 is 0.583 bits per heavy atom. The molecule has 0 radical (unpaired) electrons. The van der Waals surface area contributed by atoms with Crippen LogP contribution in [0.3, 0.4) is 0 Å². The van der Waals surface area contributed by atoms with E-state index in [0.717, 1.165) is 38.9 Å². The third-order valence-corrected chi connectivity index (χ3v) is 19.9. The summed E-state index contributed by atoms with van der Waals surface area (Å²) in [5, 5.41) is 16.7. The van der Waals surface area contributed by atoms with E-state index in [1.54, 1.807) is 93.3 Å². The molecule has 3 N–H and O–H groups in total. The molecule has 0 aromatic heterocycles. The Morgan fingerprint density at radius 2 is 1.11 bits per heavy atom. The quantitative estimate of drug-likeness (QED) is 0.191. The first kappa shape index (κ1) is 80.7. The summed E-state index contributed by atoms with van der Waals surface area (Å²) in [7, 11) is 8.33. The van der Waals surface area contributed by atoms with Crippen LogP contribution in [0.15, 0.2) is 60.7 Å². The number of aliphatic hydroxyl groups excluding tert-OH is 1. The lowest BCUT2D eigenvalue weighted by molar-refractivity contribution is -0.152. The zero-order valence-electron chi connectivity index (χ0n) is 60.3. The van der Waals surface area contributed by atoms with E-state index in [2.05, 4.69) is 10.6 Å². The van der Waals surface area contributed by atoms with Gasteiger partial charge in [0.1, 0.15) is 36.0 Å². The van der Waals surface area contributed by atoms with Crippen LogP contribution in [-0.4, -0.2) is 226 Å². The molecule has 96 heavy (non-hydrogen) atoms. The van der Waals surface area contributed by atoms with Gasteiger partial charge in [-0.25, -0.2) is 0 Å². The van der Waals surface area contributed by atoms with Crippen molar-refractivity contribution in [2.24, 2.45) is 41.4 Å². The molecule has 2 aromatic carbocycles. The number of ketones is 4. The number of likely N-dealkylation sites (N-methyl/N-ethyl adjacent to an activating group) is 6. The summed E-state index contributed by atoms with van der Waals surface area (Å²) >= 11 is 0. The smallest absolute Gasteiger partial charge is 0.245 e. The molecule has 2 aliphatic heterocycles. The SMILES string of the molecule is CC[C@H](C)[C@@H]1CC(=O)[C@H](C)N(C)C(=O)[C@H]([C@@H](C)O)CC(=O)[C@H](C(C)C)N(C)C(=O)[C@H](C)N(C)C(=O)[C@H](Cc2ccccc2)NC(=O)[C@H](C)CC(=O)C[C@@H](C(=O)N(C)[C@@H](Cc2ccccc2)C(=O)C[C@@H](C)C(=O)N2CCCCC2)NC(=O)[C@H](C)N(C)C(=O)[C@H](CC(C)C)N(C)C1=O. The van der Waals surface area contributed by atoms with Gasteiger partial charge in [0.05, 0.1) is 30.1 Å². The van der Waals surface area contributed by atoms with Gasteiger partial charge in [0.2, 0.25) is 53.2 Å². The van der Waals surface area contributed by atoms with Crippen LogP contribution < -0.4 is 10.6 Å². The Kier molecular flexibility index (Phi) is 31.2. The maximum Gasteiger partial charge on any atom is 0.245 e. The number of Topliss-reactive ketones (excluding diaryl/α,β-unsaturated/α-hetero) is 4. The Labute approximate surface area is 569 Å². The summed E-state index contributed by atoms with van der Waals surface area (Å²) in [6.07, 6.45) is -0.615. The number of nitrogens with zero attached hydrogens (tertiary/aromatic N) is 7. The van der Waals surface area contributed by atoms with Gasteiger partial charge in [-0.1, -0.05) is 122 Å². The zero-order valence-corrected chi connectivity index (χ0v) is 60.3. The van der Waals surface area contributed by atoms with Crippen molar-refractivity contribution >= 4 is 76.3 Å². The van der Waals surface area contributed by atoms with Gasteiger partial charge >= 0.3 is 0 Å². The standard InChI is InChI=1S/C73H111N9O14/c1-19-45(6)55-41-61(85)48(9)76(13)70(93)56(51(12)83)42-63(87)64(44(4)5)81(18)68(91)50(11)78(15)71(94)57(38-52-29-23-20-24-30-52)74-65(88)46(7)36-54(84)40-58(75-66(89)49(10)77(14)73(96)60(35-43(2)3)80(17)69(55)92)72(95)79(16)59(39-53-31-25-21-26-32-53)62(86)37-47(8)67(90)82-33-27-22-28-34-82/h20-21,23-26,29-32,43-51,55-60,64,83H,19,22,27-28,33-42H2,1-18H3,(H,74,88)(H,75,89)/t45-,46+,47+,48-,49-,50-,51+,55-,56-,57-,58-,59-,60-,64-/m0/s1. The van der Waals surface area contributed by atoms with Gasteiger partial charge in [-0.15, -0.1) is 0 Å². The average molecular weight is 1340 g/mol. The van der Waals surface area contributed by atoms with E-state index in [4.69, 9.17) is 0 Å². The lowest BCUT2D eigenvalue weighted by atomic mass is 9.84. The number of carbonyl (C=O) groups excluding carboxylic acids is 13. The third kappa shape index (κ3) is 21.7. The molecule has 9 amide bonds. The predicted molar refractivity (Wildman–Crippen MR) is 365 cm³/mol. The molecule has 2 aromatic rings. The van der Waals surface area contributed by atoms with E-state index >= 15 is 9.59 Å². The molecule has 2 fully saturated rings. The van der Waals surface area contributed by atoms with Crippen LogP contribution in [0.5, 0.6) is 0 Å². The van der Waals surface area contributed by atoms with Crippen LogP contribution in [-0.2, 0) is 75.2 Å². The summed E-state index contributed by atoms with van der Waals surface area (Å²) in [6, 6.07) is 7.27. The molecular formula is C73H111N9O14. The number of nitrogens with one attached hydrogen (secondary N) is 2. The molecule has 14 atom stereocenters. The number of benzene rings is 2. The van der Waals surface area contributed by atoms with Crippen molar-refractivity contribution in [1.29, 1.82) is 0 Å². The fourth-order valence-electron chi connectivity index (χ4n) is 12.9. The van der Waals surface area contributed by atoms with Gasteiger partial charge in [-0.2, -0.15) is 0 Å². The van der Waals surface area contributed by atoms with Crippen molar-refractivity contribution in [2.75, 3.05) is 55.4 Å². The molecule has 0 spiro atoms. The maximum absolute atomic E-state index is 15.3. The minimum atomic E-state index is -1.71. The third-order valence-electron chi connectivity index (χ3n) is 19.9. The lowest BCUT2D eigenvalue weighted by Crippen LogP contribution is -2.58. The van der Waals surface area contributed by atoms with Gasteiger partial charge in [0.15, 0.2) is 17.3 Å². The Morgan fingerprint density at radius 3 is 1.66 bits per heavy atom. The van der Waals surface area contributed by atoms with Gasteiger partial charge in [0, 0.05) is 112 Å². The molecule has 23 nitrogen and oxygen atoms in total. The van der Waals surface area contributed by atoms with Crippen LogP contribution in [0.25, 0.3) is 0 Å². The highest BCUT2D eigenvalue weighted by molar-refractivity contribution is 6.01. The van der Waals surface area contributed by atoms with Crippen molar-refractivity contribution in [3.63, 3.8) is 0 Å². The normalized spacial score (nSPS) is 26.1. The van der Waals surface area contributed by atoms with Crippen LogP contribution in [0.2, 0.25) is 0 Å². The largest absolute Gasteiger partial charge is 0.393 e. The second kappa shape index (κ2) is 37.2. The zero-order chi connectivity index (χ0) is 72.3. The first-order chi connectivity index (χ1) is 45.0. The van der Waals surface area contributed by atoms with Gasteiger partial charge in [-0.3, -0.25) is 62.3 Å². The molecule has 2 heterocycles. The van der Waals surface area contributed by atoms with Gasteiger partial charge < -0.3 is 50.0 Å². The van der Waals surface area contributed by atoms with Crippen molar-refractivity contribution in [3.05, 3.63) is 71.8 Å². The molecule has 0 aliphatic carbocycles. The molecule has 23 heteroatoms. The second-order valence-corrected chi connectivity index (χ2v) is 28.1. The van der Waals surface area contributed by atoms with Crippen molar-refractivity contribution < 1.29 is 67.4 Å². The van der Waals surface area contributed by atoms with Crippen LogP contribution in [0.1, 0.15) is 158 Å². The molecule has 0 saturated carbocycles. The van der Waals surface area contributed by atoms with Crippen LogP contribution >= 0.6 is 0 Å². The minimum absolute atomic E-state index is 0.00149. The second-order valence-electron chi connectivity index (χ2n) is 28.1. The number of piperidine rings is 1. The van der Waals surface area contributed by atoms with E-state index in [-0.39, 0.29) is 43.9 Å². The summed E-state index contributed by atoms with van der Waals surface area (Å²) in [5.74, 6) is -13.7. The van der Waals surface area contributed by atoms with E-state index in [0.29, 0.717) is 30.6 Å². The van der Waals surface area contributed by atoms with Gasteiger partial charge in [-0.05, 0) is 88.7 Å². The lowest BCUT2D eigenvalue weighted by Gasteiger charge is -2.37. The molecule has 532 valence electrons. The van der Waals surface area contributed by atoms with E-state index < -0.39 is 180 Å². The van der Waals surface area contributed by atoms with Crippen molar-refractivity contribution in [2.45, 2.75) is 215 Å². The number of rotatable bonds is 16. The molecule has 4 rings (SSSR count). The van der Waals surface area contributed by atoms with Crippen molar-refractivity contribution in [3.8, 4) is 0 Å². The minimum Gasteiger partial charge on any atom is -0.393 e. The van der Waals surface area contributed by atoms with Crippen molar-refractivity contribution in [1.82, 2.24) is 44.9 Å². The highest BCUT2D eigenvalue weighted by atomic mass is 16.3. The number of likely N-dealkylation sites (tertiary alicyclic amines) is 1. The molecular weight excluding hydrogens is 1230 g/mol. The summed E-state index contributed by atoms with van der Waals surface area (Å²) < 4.78 is 0. The van der Waals surface area contributed by atoms with E-state index in [1.807, 2.05) is 20.8 Å². The number of aliphatic hydroxyl groups is 1. The first-order valence-corrected chi connectivity index (χ1v) is 34.3. The fraction of sp³-hybridized carbons (Fsp3) is 0.658. The fourth-order valence-corrected chi connectivity index (χ4v) is 12.9. The number of carbonyl (C=O) groups is 13. The highest BCUT2D eigenvalue weighted by Crippen LogP contribution is 2.29. The van der Waals surface area contributed by atoms with Crippen LogP contribution in [0, 0.1) is 41.4 Å². The molecule has 0 unspecified atom stereocenters. The number of amides is 9. The summed E-state index contributed by atoms with van der Waals surface area (Å²) in [6.45, 7) is 20.7. The summed E-state index contributed by atoms with van der Waals surface area (Å²) in [4.78, 5) is 199. The Bertz CT molecular complexity index is 3040. The maximum atomic E-state index is 15.3. The van der Waals surface area contributed by atoms with E-state index in [9.17, 15) is 57.8 Å². The monoisotopic (exact) mass is 1340 g/mol. The Hall–Kier alpha value is -7.69. The molecule has 2 saturated heterocycles. The van der Waals surface area contributed by atoms with E-state index in [1.165, 1.54) is 86.7 Å². The topological polar surface area (TPSA) is 289 Å². The number of hydrogen-bond acceptors (Lipinski definition) is 14. The Balaban J connectivity index is 1.89. The van der Waals surface area contributed by atoms with Crippen LogP contribution in [0.4, 0.5) is 0 Å². The predicted octanol–water partition coefficient (Wildman–Crippen LogP) is 5.35. The first-order valence-electron chi connectivity index (χ1n) is 34.3.